The zero-order valence-corrected chi connectivity index (χ0v) is 19.6. The Balaban J connectivity index is 2.14. The Morgan fingerprint density at radius 3 is 1.50 bits per heavy atom. The van der Waals surface area contributed by atoms with Crippen LogP contribution in [0.15, 0.2) is 60.7 Å². The van der Waals surface area contributed by atoms with Crippen LogP contribution in [0.1, 0.15) is 63.8 Å². The highest BCUT2D eigenvalue weighted by atomic mass is 16.5. The smallest absolute Gasteiger partial charge is 0.131 e. The quantitative estimate of drug-likeness (QED) is 0.435. The van der Waals surface area contributed by atoms with E-state index in [0.29, 0.717) is 0 Å². The second-order valence-electron chi connectivity index (χ2n) is 10.1. The number of hydrogen-bond acceptors (Lipinski definition) is 2. The summed E-state index contributed by atoms with van der Waals surface area (Å²) in [7, 11) is 0. The van der Waals surface area contributed by atoms with Gasteiger partial charge in [-0.2, -0.15) is 0 Å². The number of hydrogen-bond donors (Lipinski definition) is 0. The van der Waals surface area contributed by atoms with Crippen LogP contribution in [0.2, 0.25) is 0 Å². The first-order chi connectivity index (χ1) is 13.9. The normalized spacial score (nSPS) is 12.0. The van der Waals surface area contributed by atoms with Crippen molar-refractivity contribution in [3.63, 3.8) is 0 Å². The summed E-state index contributed by atoms with van der Waals surface area (Å²) >= 11 is 0. The van der Waals surface area contributed by atoms with E-state index in [1.165, 1.54) is 11.1 Å². The van der Waals surface area contributed by atoms with E-state index < -0.39 is 0 Å². The molecule has 3 aromatic rings. The van der Waals surface area contributed by atoms with E-state index in [-0.39, 0.29) is 10.8 Å². The van der Waals surface area contributed by atoms with E-state index in [2.05, 4.69) is 79.7 Å². The monoisotopic (exact) mass is 402 g/mol. The number of rotatable bonds is 4. The number of para-hydroxylation sites is 1. The third-order valence-electron chi connectivity index (χ3n) is 5.38. The summed E-state index contributed by atoms with van der Waals surface area (Å²) in [5, 5.41) is 0. The van der Waals surface area contributed by atoms with Gasteiger partial charge in [-0.05, 0) is 72.2 Å². The van der Waals surface area contributed by atoms with Gasteiger partial charge in [0.05, 0.1) is 0 Å². The molecule has 2 nitrogen and oxygen atoms in total. The summed E-state index contributed by atoms with van der Waals surface area (Å²) in [4.78, 5) is 0. The van der Waals surface area contributed by atoms with Crippen LogP contribution >= 0.6 is 0 Å². The van der Waals surface area contributed by atoms with Gasteiger partial charge in [0.15, 0.2) is 0 Å². The molecule has 158 valence electrons. The zero-order chi connectivity index (χ0) is 22.1. The Morgan fingerprint density at radius 1 is 0.533 bits per heavy atom. The lowest BCUT2D eigenvalue weighted by molar-refractivity contribution is 0.429. The zero-order valence-electron chi connectivity index (χ0n) is 19.6. The second kappa shape index (κ2) is 8.18. The molecule has 0 heterocycles. The molecule has 0 N–H and O–H groups in total. The molecule has 0 aliphatic heterocycles. The van der Waals surface area contributed by atoms with Crippen LogP contribution < -0.4 is 9.47 Å². The molecule has 0 aliphatic rings. The fraction of sp³-hybridized carbons (Fsp3) is 0.357. The molecule has 0 saturated carbocycles. The topological polar surface area (TPSA) is 18.5 Å². The minimum atomic E-state index is -0.0969. The molecule has 0 amide bonds. The molecule has 0 aromatic heterocycles. The van der Waals surface area contributed by atoms with Crippen molar-refractivity contribution in [2.24, 2.45) is 0 Å². The lowest BCUT2D eigenvalue weighted by Gasteiger charge is -2.29. The highest BCUT2D eigenvalue weighted by molar-refractivity contribution is 5.54. The van der Waals surface area contributed by atoms with Crippen LogP contribution in [-0.2, 0) is 10.8 Å². The summed E-state index contributed by atoms with van der Waals surface area (Å²) in [6, 6.07) is 20.5. The van der Waals surface area contributed by atoms with Gasteiger partial charge in [-0.25, -0.2) is 0 Å². The van der Waals surface area contributed by atoms with Crippen molar-refractivity contribution >= 4 is 0 Å². The molecule has 0 atom stereocenters. The maximum atomic E-state index is 6.46. The van der Waals surface area contributed by atoms with Crippen molar-refractivity contribution in [1.82, 2.24) is 0 Å². The van der Waals surface area contributed by atoms with Gasteiger partial charge in [0, 0.05) is 11.1 Å². The van der Waals surface area contributed by atoms with Gasteiger partial charge in [-0.1, -0.05) is 65.8 Å². The van der Waals surface area contributed by atoms with Crippen molar-refractivity contribution in [1.29, 1.82) is 0 Å². The fourth-order valence-electron chi connectivity index (χ4n) is 3.42. The predicted octanol–water partition coefficient (Wildman–Crippen LogP) is 8.48. The van der Waals surface area contributed by atoms with E-state index >= 15 is 0 Å². The molecule has 2 heteroatoms. The Labute approximate surface area is 181 Å². The first-order valence-corrected chi connectivity index (χ1v) is 10.6. The van der Waals surface area contributed by atoms with E-state index in [4.69, 9.17) is 9.47 Å². The van der Waals surface area contributed by atoms with E-state index in [0.717, 1.165) is 34.1 Å². The summed E-state index contributed by atoms with van der Waals surface area (Å²) in [5.41, 5.74) is 4.55. The van der Waals surface area contributed by atoms with Crippen LogP contribution in [-0.4, -0.2) is 0 Å². The van der Waals surface area contributed by atoms with Gasteiger partial charge >= 0.3 is 0 Å². The average molecular weight is 403 g/mol. The lowest BCUT2D eigenvalue weighted by Crippen LogP contribution is -2.17. The van der Waals surface area contributed by atoms with Crippen LogP contribution in [0.5, 0.6) is 23.0 Å². The molecule has 30 heavy (non-hydrogen) atoms. The largest absolute Gasteiger partial charge is 0.457 e. The highest BCUT2D eigenvalue weighted by Crippen LogP contribution is 2.44. The molecule has 0 radical (unpaired) electrons. The average Bonchev–Trinajstić information content (AvgIpc) is 2.65. The lowest BCUT2D eigenvalue weighted by atomic mass is 9.81. The summed E-state index contributed by atoms with van der Waals surface area (Å²) in [6.07, 6.45) is 0. The first kappa shape index (κ1) is 22.0. The molecule has 0 bridgehead atoms. The van der Waals surface area contributed by atoms with Crippen molar-refractivity contribution in [3.8, 4) is 23.0 Å². The summed E-state index contributed by atoms with van der Waals surface area (Å²) in [5.74, 6) is 3.47. The Bertz CT molecular complexity index is 1020. The Kier molecular flexibility index (Phi) is 5.99. The molecule has 0 saturated heterocycles. The molecule has 0 spiro atoms. The van der Waals surface area contributed by atoms with Gasteiger partial charge in [0.1, 0.15) is 23.0 Å². The molecular formula is C28H34O2. The first-order valence-electron chi connectivity index (χ1n) is 10.6. The minimum Gasteiger partial charge on any atom is -0.457 e. The third kappa shape index (κ3) is 5.05. The van der Waals surface area contributed by atoms with Gasteiger partial charge in [0.25, 0.3) is 0 Å². The van der Waals surface area contributed by atoms with Gasteiger partial charge < -0.3 is 9.47 Å². The molecule has 3 aromatic carbocycles. The van der Waals surface area contributed by atoms with E-state index in [1.807, 2.05) is 36.4 Å². The summed E-state index contributed by atoms with van der Waals surface area (Å²) < 4.78 is 12.8. The van der Waals surface area contributed by atoms with Gasteiger partial charge in [-0.15, -0.1) is 0 Å². The third-order valence-corrected chi connectivity index (χ3v) is 5.38. The number of benzene rings is 3. The molecule has 0 aliphatic carbocycles. The molecule has 3 rings (SSSR count). The Morgan fingerprint density at radius 2 is 1.03 bits per heavy atom. The van der Waals surface area contributed by atoms with E-state index in [1.54, 1.807) is 0 Å². The van der Waals surface area contributed by atoms with Crippen LogP contribution in [0.25, 0.3) is 0 Å². The summed E-state index contributed by atoms with van der Waals surface area (Å²) in [6.45, 7) is 17.5. The van der Waals surface area contributed by atoms with Gasteiger partial charge in [0.2, 0.25) is 0 Å². The fourth-order valence-corrected chi connectivity index (χ4v) is 3.42. The highest BCUT2D eigenvalue weighted by Gasteiger charge is 2.27. The van der Waals surface area contributed by atoms with E-state index in [9.17, 15) is 0 Å². The molecular weight excluding hydrogens is 368 g/mol. The maximum absolute atomic E-state index is 6.46. The Hall–Kier alpha value is -2.74. The van der Waals surface area contributed by atoms with Crippen molar-refractivity contribution in [2.75, 3.05) is 0 Å². The van der Waals surface area contributed by atoms with Crippen molar-refractivity contribution < 1.29 is 9.47 Å². The number of aryl methyl sites for hydroxylation is 2. The van der Waals surface area contributed by atoms with Gasteiger partial charge in [-0.3, -0.25) is 0 Å². The van der Waals surface area contributed by atoms with Crippen LogP contribution in [0.4, 0.5) is 0 Å². The van der Waals surface area contributed by atoms with Crippen LogP contribution in [0.3, 0.4) is 0 Å². The number of ether oxygens (including phenoxy) is 2. The standard InChI is InChI=1S/C28H34O2/c1-19-14-15-22(16-20(19)2)30-26-18-23(27(3,4)5)25(17-24(26)28(6,7)8)29-21-12-10-9-11-13-21/h9-18H,1-8H3. The SMILES string of the molecule is Cc1ccc(Oc2cc(C(C)(C)C)c(Oc3ccccc3)cc2C(C)(C)C)cc1C. The van der Waals surface area contributed by atoms with Crippen molar-refractivity contribution in [2.45, 2.75) is 66.2 Å². The minimum absolute atomic E-state index is 0.0954. The van der Waals surface area contributed by atoms with Crippen LogP contribution in [0, 0.1) is 13.8 Å². The predicted molar refractivity (Wildman–Crippen MR) is 126 cm³/mol. The second-order valence-corrected chi connectivity index (χ2v) is 10.1. The molecule has 0 fully saturated rings. The van der Waals surface area contributed by atoms with Crippen molar-refractivity contribution in [3.05, 3.63) is 82.9 Å². The maximum Gasteiger partial charge on any atom is 0.131 e. The molecule has 0 unspecified atom stereocenters.